The Bertz CT molecular complexity index is 486. The van der Waals surface area contributed by atoms with E-state index < -0.39 is 12.0 Å². The maximum Gasteiger partial charge on any atom is 0.328 e. The van der Waals surface area contributed by atoms with E-state index in [4.69, 9.17) is 10.5 Å². The van der Waals surface area contributed by atoms with Crippen LogP contribution in [0.1, 0.15) is 36.2 Å². The van der Waals surface area contributed by atoms with Crippen molar-refractivity contribution in [2.24, 2.45) is 11.7 Å². The first-order valence-corrected chi connectivity index (χ1v) is 7.16. The molecule has 1 atom stereocenters. The zero-order valence-corrected chi connectivity index (χ0v) is 12.9. The van der Waals surface area contributed by atoms with Crippen molar-refractivity contribution in [3.8, 4) is 0 Å². The number of amides is 1. The summed E-state index contributed by atoms with van der Waals surface area (Å²) in [4.78, 5) is 24.2. The van der Waals surface area contributed by atoms with Crippen molar-refractivity contribution in [3.05, 3.63) is 35.4 Å². The molecule has 1 amide bonds. The third kappa shape index (κ3) is 5.19. The molecule has 0 aliphatic carbocycles. The summed E-state index contributed by atoms with van der Waals surface area (Å²) in [6.07, 6.45) is 1.16. The Labute approximate surface area is 125 Å². The Hall–Kier alpha value is -1.88. The Balaban J connectivity index is 2.89. The fourth-order valence-corrected chi connectivity index (χ4v) is 2.18. The van der Waals surface area contributed by atoms with Crippen molar-refractivity contribution >= 4 is 11.9 Å². The lowest BCUT2D eigenvalue weighted by molar-refractivity contribution is -0.143. The summed E-state index contributed by atoms with van der Waals surface area (Å²) < 4.78 is 4.75. The number of esters is 1. The van der Waals surface area contributed by atoms with Crippen LogP contribution in [0.25, 0.3) is 0 Å². The molecule has 0 aliphatic rings. The lowest BCUT2D eigenvalue weighted by Crippen LogP contribution is -2.42. The van der Waals surface area contributed by atoms with Gasteiger partial charge in [0.25, 0.3) is 5.91 Å². The molecule has 5 nitrogen and oxygen atoms in total. The van der Waals surface area contributed by atoms with Gasteiger partial charge in [0.2, 0.25) is 0 Å². The summed E-state index contributed by atoms with van der Waals surface area (Å²) in [5, 5.41) is 2.76. The molecule has 1 aromatic carbocycles. The van der Waals surface area contributed by atoms with E-state index in [1.165, 1.54) is 7.11 Å². The van der Waals surface area contributed by atoms with Crippen LogP contribution in [0.4, 0.5) is 0 Å². The van der Waals surface area contributed by atoms with Crippen molar-refractivity contribution in [1.29, 1.82) is 0 Å². The van der Waals surface area contributed by atoms with Gasteiger partial charge in [-0.2, -0.15) is 0 Å². The van der Waals surface area contributed by atoms with E-state index in [0.717, 1.165) is 5.56 Å². The van der Waals surface area contributed by atoms with E-state index in [9.17, 15) is 9.59 Å². The third-order valence-electron chi connectivity index (χ3n) is 3.17. The number of nitrogens with one attached hydrogen (secondary N) is 1. The predicted octanol–water partition coefficient (Wildman–Crippen LogP) is 1.51. The van der Waals surface area contributed by atoms with Crippen molar-refractivity contribution in [2.45, 2.75) is 32.7 Å². The Kier molecular flexibility index (Phi) is 6.88. The largest absolute Gasteiger partial charge is 0.467 e. The number of hydrogen-bond acceptors (Lipinski definition) is 4. The Morgan fingerprint density at radius 2 is 1.95 bits per heavy atom. The van der Waals surface area contributed by atoms with E-state index in [1.54, 1.807) is 12.1 Å². The monoisotopic (exact) mass is 292 g/mol. The number of carbonyl (C=O) groups is 2. The first kappa shape index (κ1) is 17.2. The van der Waals surface area contributed by atoms with Gasteiger partial charge in [0.15, 0.2) is 0 Å². The highest BCUT2D eigenvalue weighted by molar-refractivity contribution is 5.98. The van der Waals surface area contributed by atoms with Crippen LogP contribution in [0.5, 0.6) is 0 Å². The second-order valence-corrected chi connectivity index (χ2v) is 5.37. The van der Waals surface area contributed by atoms with Gasteiger partial charge in [-0.15, -0.1) is 0 Å². The van der Waals surface area contributed by atoms with Crippen molar-refractivity contribution in [3.63, 3.8) is 0 Å². The van der Waals surface area contributed by atoms with Crippen LogP contribution in [0.3, 0.4) is 0 Å². The average molecular weight is 292 g/mol. The smallest absolute Gasteiger partial charge is 0.328 e. The molecule has 0 unspecified atom stereocenters. The van der Waals surface area contributed by atoms with Gasteiger partial charge in [0.1, 0.15) is 6.04 Å². The maximum atomic E-state index is 12.4. The molecule has 21 heavy (non-hydrogen) atoms. The van der Waals surface area contributed by atoms with Gasteiger partial charge in [-0.25, -0.2) is 4.79 Å². The zero-order valence-electron chi connectivity index (χ0n) is 12.9. The highest BCUT2D eigenvalue weighted by atomic mass is 16.5. The molecule has 0 fully saturated rings. The average Bonchev–Trinajstić information content (AvgIpc) is 2.46. The van der Waals surface area contributed by atoms with Crippen LogP contribution >= 0.6 is 0 Å². The predicted molar refractivity (Wildman–Crippen MR) is 81.9 cm³/mol. The molecule has 0 bridgehead atoms. The fourth-order valence-electron chi connectivity index (χ4n) is 2.18. The number of methoxy groups -OCH3 is 1. The maximum absolute atomic E-state index is 12.4. The SMILES string of the molecule is COC(=O)[C@H](CC(C)C)NC(=O)c1ccccc1CCN. The topological polar surface area (TPSA) is 81.4 Å². The lowest BCUT2D eigenvalue weighted by Gasteiger charge is -2.19. The number of carbonyl (C=O) groups excluding carboxylic acids is 2. The summed E-state index contributed by atoms with van der Waals surface area (Å²) in [6.45, 7) is 4.45. The molecule has 0 aliphatic heterocycles. The number of benzene rings is 1. The number of ether oxygens (including phenoxy) is 1. The molecule has 0 saturated heterocycles. The van der Waals surface area contributed by atoms with Crippen LogP contribution < -0.4 is 11.1 Å². The minimum atomic E-state index is -0.631. The standard InChI is InChI=1S/C16H24N2O3/c1-11(2)10-14(16(20)21-3)18-15(19)13-7-5-4-6-12(13)8-9-17/h4-7,11,14H,8-10,17H2,1-3H3,(H,18,19)/t14-/m0/s1. The highest BCUT2D eigenvalue weighted by Crippen LogP contribution is 2.12. The second kappa shape index (κ2) is 8.42. The normalized spacial score (nSPS) is 12.0. The summed E-state index contributed by atoms with van der Waals surface area (Å²) >= 11 is 0. The molecule has 0 radical (unpaired) electrons. The molecule has 1 rings (SSSR count). The van der Waals surface area contributed by atoms with Crippen LogP contribution in [-0.4, -0.2) is 31.6 Å². The Morgan fingerprint density at radius 3 is 2.52 bits per heavy atom. The number of hydrogen-bond donors (Lipinski definition) is 2. The van der Waals surface area contributed by atoms with Crippen LogP contribution in [0.2, 0.25) is 0 Å². The fraction of sp³-hybridized carbons (Fsp3) is 0.500. The van der Waals surface area contributed by atoms with Gasteiger partial charge in [-0.3, -0.25) is 4.79 Å². The van der Waals surface area contributed by atoms with Crippen LogP contribution in [-0.2, 0) is 16.0 Å². The van der Waals surface area contributed by atoms with Crippen LogP contribution in [0, 0.1) is 5.92 Å². The summed E-state index contributed by atoms with van der Waals surface area (Å²) in [6, 6.07) is 6.65. The molecule has 0 spiro atoms. The second-order valence-electron chi connectivity index (χ2n) is 5.37. The van der Waals surface area contributed by atoms with Gasteiger partial charge in [-0.1, -0.05) is 32.0 Å². The minimum absolute atomic E-state index is 0.268. The molecular formula is C16H24N2O3. The molecule has 1 aromatic rings. The van der Waals surface area contributed by atoms with Gasteiger partial charge in [0.05, 0.1) is 7.11 Å². The third-order valence-corrected chi connectivity index (χ3v) is 3.17. The molecule has 5 heteroatoms. The van der Waals surface area contributed by atoms with E-state index in [1.807, 2.05) is 26.0 Å². The highest BCUT2D eigenvalue weighted by Gasteiger charge is 2.23. The first-order chi connectivity index (χ1) is 9.99. The summed E-state index contributed by atoms with van der Waals surface area (Å²) in [7, 11) is 1.32. The lowest BCUT2D eigenvalue weighted by atomic mass is 10.0. The van der Waals surface area contributed by atoms with Gasteiger partial charge in [0, 0.05) is 5.56 Å². The zero-order chi connectivity index (χ0) is 15.8. The quantitative estimate of drug-likeness (QED) is 0.746. The number of rotatable bonds is 7. The van der Waals surface area contributed by atoms with E-state index in [2.05, 4.69) is 5.32 Å². The molecule has 116 valence electrons. The van der Waals surface area contributed by atoms with Crippen molar-refractivity contribution in [1.82, 2.24) is 5.32 Å². The van der Waals surface area contributed by atoms with Crippen molar-refractivity contribution < 1.29 is 14.3 Å². The van der Waals surface area contributed by atoms with Gasteiger partial charge in [-0.05, 0) is 36.9 Å². The molecular weight excluding hydrogens is 268 g/mol. The van der Waals surface area contributed by atoms with Crippen LogP contribution in [0.15, 0.2) is 24.3 Å². The molecule has 0 heterocycles. The van der Waals surface area contributed by atoms with Gasteiger partial charge >= 0.3 is 5.97 Å². The summed E-state index contributed by atoms with van der Waals surface area (Å²) in [5.41, 5.74) is 7.00. The van der Waals surface area contributed by atoms with E-state index in [0.29, 0.717) is 24.9 Å². The van der Waals surface area contributed by atoms with Crippen molar-refractivity contribution in [2.75, 3.05) is 13.7 Å². The summed E-state index contributed by atoms with van der Waals surface area (Å²) in [5.74, 6) is -0.419. The molecule has 0 saturated carbocycles. The molecule has 3 N–H and O–H groups in total. The first-order valence-electron chi connectivity index (χ1n) is 7.16. The van der Waals surface area contributed by atoms with E-state index >= 15 is 0 Å². The minimum Gasteiger partial charge on any atom is -0.467 e. The molecule has 0 aromatic heterocycles. The number of nitrogens with two attached hydrogens (primary N) is 1. The van der Waals surface area contributed by atoms with Gasteiger partial charge < -0.3 is 15.8 Å². The van der Waals surface area contributed by atoms with E-state index in [-0.39, 0.29) is 11.8 Å². The Morgan fingerprint density at radius 1 is 1.29 bits per heavy atom.